The third kappa shape index (κ3) is 4.00. The number of hydrogen-bond acceptors (Lipinski definition) is 4. The van der Waals surface area contributed by atoms with Gasteiger partial charge in [-0.1, -0.05) is 11.6 Å². The summed E-state index contributed by atoms with van der Waals surface area (Å²) in [5.41, 5.74) is 0.640. The van der Waals surface area contributed by atoms with Crippen LogP contribution in [0.3, 0.4) is 0 Å². The molecule has 3 aliphatic rings. The van der Waals surface area contributed by atoms with Crippen LogP contribution in [0, 0.1) is 5.92 Å². The van der Waals surface area contributed by atoms with Gasteiger partial charge in [0.15, 0.2) is 5.75 Å². The van der Waals surface area contributed by atoms with Crippen molar-refractivity contribution in [3.05, 3.63) is 53.3 Å². The Bertz CT molecular complexity index is 759. The molecule has 4 heterocycles. The first-order chi connectivity index (χ1) is 12.7. The van der Waals surface area contributed by atoms with Gasteiger partial charge in [-0.15, -0.1) is 0 Å². The zero-order valence-corrected chi connectivity index (χ0v) is 15.3. The van der Waals surface area contributed by atoms with Gasteiger partial charge in [-0.2, -0.15) is 0 Å². The lowest BCUT2D eigenvalue weighted by atomic mass is 9.94. The smallest absolute Gasteiger partial charge is 0.251 e. The molecule has 1 amide bonds. The van der Waals surface area contributed by atoms with Gasteiger partial charge < -0.3 is 15.0 Å². The number of piperidine rings is 1. The molecular formula is C20H22ClN3O2. The van der Waals surface area contributed by atoms with Gasteiger partial charge in [-0.3, -0.25) is 9.78 Å². The van der Waals surface area contributed by atoms with Crippen LogP contribution in [0.25, 0.3) is 0 Å². The van der Waals surface area contributed by atoms with E-state index in [1.807, 2.05) is 0 Å². The minimum absolute atomic E-state index is 0.0246. The number of fused-ring (bicyclic) bond motifs is 4. The maximum atomic E-state index is 12.6. The summed E-state index contributed by atoms with van der Waals surface area (Å²) >= 11 is 6.07. The lowest BCUT2D eigenvalue weighted by Crippen LogP contribution is -2.41. The number of aromatic nitrogens is 1. The Morgan fingerprint density at radius 2 is 1.96 bits per heavy atom. The normalized spacial score (nSPS) is 24.7. The summed E-state index contributed by atoms with van der Waals surface area (Å²) in [6.45, 7) is 3.29. The molecule has 5 rings (SSSR count). The van der Waals surface area contributed by atoms with Gasteiger partial charge in [0.25, 0.3) is 5.91 Å². The Morgan fingerprint density at radius 1 is 1.19 bits per heavy atom. The summed E-state index contributed by atoms with van der Waals surface area (Å²) in [4.78, 5) is 19.0. The summed E-state index contributed by atoms with van der Waals surface area (Å²) in [6, 6.07) is 9.02. The largest absolute Gasteiger partial charge is 0.454 e. The van der Waals surface area contributed by atoms with E-state index in [2.05, 4.69) is 15.2 Å². The van der Waals surface area contributed by atoms with Crippen LogP contribution in [0.1, 0.15) is 29.6 Å². The van der Waals surface area contributed by atoms with Crippen molar-refractivity contribution < 1.29 is 9.53 Å². The first-order valence-corrected chi connectivity index (χ1v) is 9.46. The van der Waals surface area contributed by atoms with E-state index in [1.54, 1.807) is 42.7 Å². The van der Waals surface area contributed by atoms with E-state index in [0.717, 1.165) is 18.9 Å². The number of carbonyl (C=O) groups excluding carboxylic acids is 1. The van der Waals surface area contributed by atoms with Crippen molar-refractivity contribution in [3.63, 3.8) is 0 Å². The zero-order chi connectivity index (χ0) is 17.9. The Morgan fingerprint density at radius 3 is 2.69 bits per heavy atom. The van der Waals surface area contributed by atoms with Crippen molar-refractivity contribution in [2.24, 2.45) is 5.92 Å². The number of pyridine rings is 1. The Hall–Kier alpha value is -2.11. The van der Waals surface area contributed by atoms with Crippen molar-refractivity contribution >= 4 is 17.5 Å². The molecule has 0 spiro atoms. The van der Waals surface area contributed by atoms with Crippen LogP contribution in [0.4, 0.5) is 0 Å². The van der Waals surface area contributed by atoms with E-state index < -0.39 is 0 Å². The summed E-state index contributed by atoms with van der Waals surface area (Å²) in [7, 11) is 0. The summed E-state index contributed by atoms with van der Waals surface area (Å²) in [5, 5.41) is 3.70. The number of ether oxygens (including phenoxy) is 1. The van der Waals surface area contributed by atoms with E-state index in [0.29, 0.717) is 22.1 Å². The van der Waals surface area contributed by atoms with Gasteiger partial charge >= 0.3 is 0 Å². The maximum Gasteiger partial charge on any atom is 0.251 e. The standard InChI is InChI=1S/C20H22ClN3O2/c21-18-5-8-22-12-19(18)26-17-3-1-15(2-4-17)20(25)23-16-11-14-6-9-24(13-16)10-7-14/h1-5,8,12,14,16H,6-7,9-11,13H2,(H,23,25). The first-order valence-electron chi connectivity index (χ1n) is 9.08. The number of nitrogens with one attached hydrogen (secondary N) is 1. The third-order valence-electron chi connectivity index (χ3n) is 5.22. The molecular weight excluding hydrogens is 350 g/mol. The highest BCUT2D eigenvalue weighted by atomic mass is 35.5. The summed E-state index contributed by atoms with van der Waals surface area (Å²) in [6.07, 6.45) is 6.78. The molecule has 3 saturated heterocycles. The molecule has 2 aromatic rings. The highest BCUT2D eigenvalue weighted by Crippen LogP contribution is 2.29. The minimum Gasteiger partial charge on any atom is -0.454 e. The van der Waals surface area contributed by atoms with Crippen LogP contribution in [0.5, 0.6) is 11.5 Å². The Kier molecular flexibility index (Phi) is 5.09. The topological polar surface area (TPSA) is 54.5 Å². The Labute approximate surface area is 158 Å². The quantitative estimate of drug-likeness (QED) is 0.889. The highest BCUT2D eigenvalue weighted by molar-refractivity contribution is 6.32. The van der Waals surface area contributed by atoms with Crippen LogP contribution < -0.4 is 10.1 Å². The van der Waals surface area contributed by atoms with Crippen molar-refractivity contribution in [2.75, 3.05) is 19.6 Å². The van der Waals surface area contributed by atoms with Crippen molar-refractivity contribution in [1.82, 2.24) is 15.2 Å². The Balaban J connectivity index is 1.38. The maximum absolute atomic E-state index is 12.6. The second-order valence-corrected chi connectivity index (χ2v) is 7.49. The number of rotatable bonds is 4. The molecule has 1 aromatic heterocycles. The molecule has 1 unspecified atom stereocenters. The fraction of sp³-hybridized carbons (Fsp3) is 0.400. The van der Waals surface area contributed by atoms with Crippen molar-refractivity contribution in [1.29, 1.82) is 0 Å². The van der Waals surface area contributed by atoms with Crippen LogP contribution in [0.2, 0.25) is 5.02 Å². The van der Waals surface area contributed by atoms with E-state index in [9.17, 15) is 4.79 Å². The van der Waals surface area contributed by atoms with Gasteiger partial charge in [-0.25, -0.2) is 0 Å². The molecule has 5 nitrogen and oxygen atoms in total. The molecule has 1 atom stereocenters. The predicted molar refractivity (Wildman–Crippen MR) is 101 cm³/mol. The number of hydrogen-bond donors (Lipinski definition) is 1. The molecule has 3 fully saturated rings. The van der Waals surface area contributed by atoms with Gasteiger partial charge in [0.1, 0.15) is 5.75 Å². The van der Waals surface area contributed by atoms with Gasteiger partial charge in [-0.05, 0) is 68.6 Å². The molecule has 6 heteroatoms. The lowest BCUT2D eigenvalue weighted by molar-refractivity contribution is 0.0929. The molecule has 26 heavy (non-hydrogen) atoms. The predicted octanol–water partition coefficient (Wildman–Crippen LogP) is 3.74. The molecule has 136 valence electrons. The van der Waals surface area contributed by atoms with Crippen LogP contribution >= 0.6 is 11.6 Å². The van der Waals surface area contributed by atoms with E-state index in [4.69, 9.17) is 16.3 Å². The van der Waals surface area contributed by atoms with E-state index >= 15 is 0 Å². The number of nitrogens with zero attached hydrogens (tertiary/aromatic N) is 2. The molecule has 2 bridgehead atoms. The molecule has 3 aliphatic heterocycles. The molecule has 0 radical (unpaired) electrons. The highest BCUT2D eigenvalue weighted by Gasteiger charge is 2.29. The number of amides is 1. The number of halogens is 1. The van der Waals surface area contributed by atoms with E-state index in [1.165, 1.54) is 25.9 Å². The molecule has 0 saturated carbocycles. The van der Waals surface area contributed by atoms with Gasteiger partial charge in [0, 0.05) is 24.3 Å². The molecule has 1 N–H and O–H groups in total. The van der Waals surface area contributed by atoms with Crippen LogP contribution in [-0.4, -0.2) is 41.5 Å². The summed E-state index contributed by atoms with van der Waals surface area (Å²) < 4.78 is 5.71. The second-order valence-electron chi connectivity index (χ2n) is 7.08. The average molecular weight is 372 g/mol. The van der Waals surface area contributed by atoms with Crippen molar-refractivity contribution in [2.45, 2.75) is 25.3 Å². The lowest BCUT2D eigenvalue weighted by Gasteiger charge is -2.26. The zero-order valence-electron chi connectivity index (χ0n) is 14.5. The van der Waals surface area contributed by atoms with Gasteiger partial charge in [0.05, 0.1) is 11.2 Å². The molecule has 0 aliphatic carbocycles. The second kappa shape index (κ2) is 7.64. The number of benzene rings is 1. The van der Waals surface area contributed by atoms with Crippen LogP contribution in [0.15, 0.2) is 42.7 Å². The van der Waals surface area contributed by atoms with E-state index in [-0.39, 0.29) is 11.9 Å². The fourth-order valence-electron chi connectivity index (χ4n) is 3.81. The van der Waals surface area contributed by atoms with Crippen LogP contribution in [-0.2, 0) is 0 Å². The third-order valence-corrected chi connectivity index (χ3v) is 5.53. The average Bonchev–Trinajstić information content (AvgIpc) is 2.96. The fourth-order valence-corrected chi connectivity index (χ4v) is 3.95. The van der Waals surface area contributed by atoms with Gasteiger partial charge in [0.2, 0.25) is 0 Å². The first kappa shape index (κ1) is 17.3. The van der Waals surface area contributed by atoms with Crippen molar-refractivity contribution in [3.8, 4) is 11.5 Å². The summed E-state index contributed by atoms with van der Waals surface area (Å²) in [5.74, 6) is 1.84. The SMILES string of the molecule is O=C(NC1CC2CCN(CC2)C1)c1ccc(Oc2cnccc2Cl)cc1. The monoisotopic (exact) mass is 371 g/mol. The minimum atomic E-state index is -0.0246. The number of carbonyl (C=O) groups is 1. The molecule has 1 aromatic carbocycles.